The van der Waals surface area contributed by atoms with Gasteiger partial charge in [-0.15, -0.1) is 0 Å². The van der Waals surface area contributed by atoms with E-state index in [9.17, 15) is 9.59 Å². The molecule has 3 heterocycles. The Labute approximate surface area is 144 Å². The summed E-state index contributed by atoms with van der Waals surface area (Å²) in [7, 11) is 0. The van der Waals surface area contributed by atoms with E-state index in [-0.39, 0.29) is 18.9 Å². The Morgan fingerprint density at radius 1 is 1.40 bits per heavy atom. The SMILES string of the molecule is Cc1cc(C)n(-c2ccc(C(=O)NC3(CC(=O)O)CCOC3)cn2)n1. The number of aromatic nitrogens is 3. The summed E-state index contributed by atoms with van der Waals surface area (Å²) in [4.78, 5) is 27.9. The number of carboxylic acid groups (broad SMARTS) is 1. The van der Waals surface area contributed by atoms with Gasteiger partial charge >= 0.3 is 5.97 Å². The van der Waals surface area contributed by atoms with Crippen molar-refractivity contribution in [1.82, 2.24) is 20.1 Å². The molecule has 1 saturated heterocycles. The summed E-state index contributed by atoms with van der Waals surface area (Å²) in [5.74, 6) is -0.713. The van der Waals surface area contributed by atoms with Gasteiger partial charge in [-0.2, -0.15) is 5.10 Å². The zero-order chi connectivity index (χ0) is 18.0. The summed E-state index contributed by atoms with van der Waals surface area (Å²) < 4.78 is 6.99. The van der Waals surface area contributed by atoms with E-state index in [4.69, 9.17) is 9.84 Å². The number of hydrogen-bond acceptors (Lipinski definition) is 5. The van der Waals surface area contributed by atoms with Crippen molar-refractivity contribution in [2.45, 2.75) is 32.2 Å². The zero-order valence-electron chi connectivity index (χ0n) is 14.2. The summed E-state index contributed by atoms with van der Waals surface area (Å²) in [6.45, 7) is 4.46. The van der Waals surface area contributed by atoms with Crippen LogP contribution < -0.4 is 5.32 Å². The molecule has 132 valence electrons. The third kappa shape index (κ3) is 3.69. The Morgan fingerprint density at radius 3 is 2.72 bits per heavy atom. The number of carbonyl (C=O) groups excluding carboxylic acids is 1. The number of nitrogens with one attached hydrogen (secondary N) is 1. The first-order chi connectivity index (χ1) is 11.9. The van der Waals surface area contributed by atoms with Gasteiger partial charge < -0.3 is 15.2 Å². The average Bonchev–Trinajstić information content (AvgIpc) is 3.13. The number of nitrogens with zero attached hydrogens (tertiary/aromatic N) is 3. The first-order valence-electron chi connectivity index (χ1n) is 8.00. The second kappa shape index (κ2) is 6.64. The molecular weight excluding hydrogens is 324 g/mol. The number of ether oxygens (including phenoxy) is 1. The standard InChI is InChI=1S/C17H20N4O4/c1-11-7-12(2)21(20-11)14-4-3-13(9-18-14)16(24)19-17(8-15(22)23)5-6-25-10-17/h3-4,7,9H,5-6,8,10H2,1-2H3,(H,19,24)(H,22,23). The van der Waals surface area contributed by atoms with Crippen LogP contribution in [0.15, 0.2) is 24.4 Å². The van der Waals surface area contributed by atoms with E-state index >= 15 is 0 Å². The molecule has 1 aliphatic heterocycles. The molecule has 0 spiro atoms. The van der Waals surface area contributed by atoms with Gasteiger partial charge in [-0.1, -0.05) is 0 Å². The third-order valence-corrected chi connectivity index (χ3v) is 4.21. The van der Waals surface area contributed by atoms with E-state index < -0.39 is 11.5 Å². The summed E-state index contributed by atoms with van der Waals surface area (Å²) in [5.41, 5.74) is 1.34. The lowest BCUT2D eigenvalue weighted by molar-refractivity contribution is -0.138. The van der Waals surface area contributed by atoms with E-state index in [2.05, 4.69) is 15.4 Å². The molecular formula is C17H20N4O4. The van der Waals surface area contributed by atoms with E-state index in [0.29, 0.717) is 24.4 Å². The van der Waals surface area contributed by atoms with Gasteiger partial charge in [0.05, 0.1) is 29.8 Å². The van der Waals surface area contributed by atoms with Crippen LogP contribution in [0.2, 0.25) is 0 Å². The minimum absolute atomic E-state index is 0.171. The molecule has 0 bridgehead atoms. The molecule has 2 aromatic heterocycles. The topological polar surface area (TPSA) is 106 Å². The number of carboxylic acids is 1. The van der Waals surface area contributed by atoms with Crippen molar-refractivity contribution in [2.24, 2.45) is 0 Å². The Morgan fingerprint density at radius 2 is 2.20 bits per heavy atom. The minimum Gasteiger partial charge on any atom is -0.481 e. The Bertz CT molecular complexity index is 791. The first-order valence-corrected chi connectivity index (χ1v) is 8.00. The molecule has 2 aromatic rings. The second-order valence-electron chi connectivity index (χ2n) is 6.35. The molecule has 1 amide bonds. The highest BCUT2D eigenvalue weighted by Crippen LogP contribution is 2.23. The van der Waals surface area contributed by atoms with Crippen LogP contribution in [0.4, 0.5) is 0 Å². The Kier molecular flexibility index (Phi) is 4.54. The fraction of sp³-hybridized carbons (Fsp3) is 0.412. The Hall–Kier alpha value is -2.74. The molecule has 1 unspecified atom stereocenters. The second-order valence-corrected chi connectivity index (χ2v) is 6.35. The van der Waals surface area contributed by atoms with Crippen molar-refractivity contribution in [2.75, 3.05) is 13.2 Å². The lowest BCUT2D eigenvalue weighted by Crippen LogP contribution is -2.50. The van der Waals surface area contributed by atoms with Gasteiger partial charge in [0.15, 0.2) is 5.82 Å². The number of pyridine rings is 1. The van der Waals surface area contributed by atoms with E-state index in [1.807, 2.05) is 19.9 Å². The van der Waals surface area contributed by atoms with Crippen LogP contribution in [0.1, 0.15) is 34.6 Å². The molecule has 1 atom stereocenters. The first kappa shape index (κ1) is 17.1. The molecule has 0 aliphatic carbocycles. The molecule has 0 aromatic carbocycles. The molecule has 8 heteroatoms. The van der Waals surface area contributed by atoms with Crippen molar-refractivity contribution in [1.29, 1.82) is 0 Å². The normalized spacial score (nSPS) is 19.8. The molecule has 0 saturated carbocycles. The molecule has 0 radical (unpaired) electrons. The van der Waals surface area contributed by atoms with Crippen molar-refractivity contribution in [3.63, 3.8) is 0 Å². The Balaban J connectivity index is 1.76. The highest BCUT2D eigenvalue weighted by Gasteiger charge is 2.38. The summed E-state index contributed by atoms with van der Waals surface area (Å²) >= 11 is 0. The minimum atomic E-state index is -0.969. The van der Waals surface area contributed by atoms with Gasteiger partial charge in [-0.25, -0.2) is 9.67 Å². The van der Waals surface area contributed by atoms with Gasteiger partial charge in [0.25, 0.3) is 5.91 Å². The summed E-state index contributed by atoms with van der Waals surface area (Å²) in [5, 5.41) is 16.2. The van der Waals surface area contributed by atoms with Crippen molar-refractivity contribution in [3.05, 3.63) is 41.3 Å². The van der Waals surface area contributed by atoms with Gasteiger partial charge in [-0.05, 0) is 38.5 Å². The maximum Gasteiger partial charge on any atom is 0.305 e. The van der Waals surface area contributed by atoms with Crippen LogP contribution in [0.25, 0.3) is 5.82 Å². The lowest BCUT2D eigenvalue weighted by Gasteiger charge is -2.26. The monoisotopic (exact) mass is 344 g/mol. The number of amides is 1. The van der Waals surface area contributed by atoms with Gasteiger partial charge in [-0.3, -0.25) is 9.59 Å². The molecule has 3 rings (SSSR count). The number of hydrogen-bond donors (Lipinski definition) is 2. The van der Waals surface area contributed by atoms with Crippen molar-refractivity contribution < 1.29 is 19.4 Å². The molecule has 1 fully saturated rings. The van der Waals surface area contributed by atoms with Gasteiger partial charge in [0, 0.05) is 18.5 Å². The smallest absolute Gasteiger partial charge is 0.305 e. The van der Waals surface area contributed by atoms with Crippen molar-refractivity contribution >= 4 is 11.9 Å². The van der Waals surface area contributed by atoms with Crippen LogP contribution >= 0.6 is 0 Å². The molecule has 1 aliphatic rings. The van der Waals surface area contributed by atoms with E-state index in [0.717, 1.165) is 11.4 Å². The molecule has 2 N–H and O–H groups in total. The fourth-order valence-electron chi connectivity index (χ4n) is 3.00. The number of carbonyl (C=O) groups is 2. The van der Waals surface area contributed by atoms with Crippen LogP contribution in [0, 0.1) is 13.8 Å². The third-order valence-electron chi connectivity index (χ3n) is 4.21. The van der Waals surface area contributed by atoms with E-state index in [1.165, 1.54) is 6.20 Å². The summed E-state index contributed by atoms with van der Waals surface area (Å²) in [6.07, 6.45) is 1.77. The van der Waals surface area contributed by atoms with Gasteiger partial charge in [0.1, 0.15) is 0 Å². The van der Waals surface area contributed by atoms with Crippen LogP contribution in [-0.4, -0.2) is 50.5 Å². The summed E-state index contributed by atoms with van der Waals surface area (Å²) in [6, 6.07) is 5.31. The molecule has 8 nitrogen and oxygen atoms in total. The lowest BCUT2D eigenvalue weighted by atomic mass is 9.94. The average molecular weight is 344 g/mol. The van der Waals surface area contributed by atoms with Crippen LogP contribution in [0.5, 0.6) is 0 Å². The van der Waals surface area contributed by atoms with Crippen molar-refractivity contribution in [3.8, 4) is 5.82 Å². The quantitative estimate of drug-likeness (QED) is 0.845. The van der Waals surface area contributed by atoms with Crippen LogP contribution in [-0.2, 0) is 9.53 Å². The van der Waals surface area contributed by atoms with Gasteiger partial charge in [0.2, 0.25) is 0 Å². The van der Waals surface area contributed by atoms with E-state index in [1.54, 1.807) is 16.8 Å². The highest BCUT2D eigenvalue weighted by molar-refractivity contribution is 5.94. The number of rotatable bonds is 5. The predicted molar refractivity (Wildman–Crippen MR) is 88.7 cm³/mol. The maximum atomic E-state index is 12.5. The number of aryl methyl sites for hydroxylation is 2. The zero-order valence-corrected chi connectivity index (χ0v) is 14.2. The fourth-order valence-corrected chi connectivity index (χ4v) is 3.00. The largest absolute Gasteiger partial charge is 0.481 e. The number of aliphatic carboxylic acids is 1. The predicted octanol–water partition coefficient (Wildman–Crippen LogP) is 1.25. The van der Waals surface area contributed by atoms with Crippen LogP contribution in [0.3, 0.4) is 0 Å². The maximum absolute atomic E-state index is 12.5. The highest BCUT2D eigenvalue weighted by atomic mass is 16.5. The molecule has 25 heavy (non-hydrogen) atoms.